The number of nitrogens with zero attached hydrogens (tertiary/aromatic N) is 1. The Kier molecular flexibility index (Phi) is 4.69. The van der Waals surface area contributed by atoms with Gasteiger partial charge in [-0.25, -0.2) is 0 Å². The van der Waals surface area contributed by atoms with Gasteiger partial charge >= 0.3 is 0 Å². The Morgan fingerprint density at radius 1 is 1.15 bits per heavy atom. The molecule has 0 aromatic heterocycles. The minimum absolute atomic E-state index is 0.148. The largest absolute Gasteiger partial charge is 0.486 e. The molecule has 1 aromatic carbocycles. The maximum absolute atomic E-state index is 6.02. The average molecular weight is 296 g/mol. The van der Waals surface area contributed by atoms with Gasteiger partial charge in [-0.1, -0.05) is 12.1 Å². The van der Waals surface area contributed by atoms with Gasteiger partial charge in [-0.05, 0) is 50.4 Å². The average Bonchev–Trinajstić information content (AvgIpc) is 2.49. The summed E-state index contributed by atoms with van der Waals surface area (Å²) in [5.41, 5.74) is 0. The molecule has 0 aliphatic carbocycles. The van der Waals surface area contributed by atoms with Crippen molar-refractivity contribution in [2.24, 2.45) is 5.92 Å². The summed E-state index contributed by atoms with van der Waals surface area (Å²) >= 11 is 5.82. The molecule has 0 radical (unpaired) electrons. The number of ether oxygens (including phenoxy) is 2. The van der Waals surface area contributed by atoms with Crippen molar-refractivity contribution in [2.75, 3.05) is 32.1 Å². The number of rotatable bonds is 4. The first kappa shape index (κ1) is 14.0. The molecular weight excluding hydrogens is 274 g/mol. The third kappa shape index (κ3) is 3.39. The zero-order valence-corrected chi connectivity index (χ0v) is 12.5. The maximum atomic E-state index is 6.02. The number of halogens is 1. The highest BCUT2D eigenvalue weighted by molar-refractivity contribution is 6.17. The van der Waals surface area contributed by atoms with Gasteiger partial charge in [0.05, 0.1) is 0 Å². The summed E-state index contributed by atoms with van der Waals surface area (Å²) < 4.78 is 11.8. The molecule has 0 N–H and O–H groups in total. The van der Waals surface area contributed by atoms with E-state index in [4.69, 9.17) is 21.1 Å². The lowest BCUT2D eigenvalue weighted by atomic mass is 9.94. The van der Waals surface area contributed by atoms with E-state index in [2.05, 4.69) is 4.90 Å². The lowest BCUT2D eigenvalue weighted by molar-refractivity contribution is 0.0476. The summed E-state index contributed by atoms with van der Waals surface area (Å²) in [7, 11) is 0. The van der Waals surface area contributed by atoms with Crippen molar-refractivity contribution in [3.63, 3.8) is 0 Å². The Bertz CT molecular complexity index is 432. The van der Waals surface area contributed by atoms with E-state index in [-0.39, 0.29) is 6.10 Å². The SMILES string of the molecule is ClCCC1CCN(CC2COc3ccccc3O2)CC1. The molecule has 1 unspecified atom stereocenters. The standard InChI is InChI=1S/C16H22ClNO2/c17-8-5-13-6-9-18(10-7-13)11-14-12-19-15-3-1-2-4-16(15)20-14/h1-4,13-14H,5-12H2. The molecular formula is C16H22ClNO2. The summed E-state index contributed by atoms with van der Waals surface area (Å²) in [5.74, 6) is 3.35. The van der Waals surface area contributed by atoms with Gasteiger partial charge < -0.3 is 9.47 Å². The van der Waals surface area contributed by atoms with Crippen LogP contribution in [-0.2, 0) is 0 Å². The second kappa shape index (κ2) is 6.68. The molecule has 1 aromatic rings. The number of para-hydroxylation sites is 2. The van der Waals surface area contributed by atoms with Crippen LogP contribution < -0.4 is 9.47 Å². The summed E-state index contributed by atoms with van der Waals surface area (Å²) in [4.78, 5) is 2.49. The molecule has 3 rings (SSSR count). The summed E-state index contributed by atoms with van der Waals surface area (Å²) in [6.07, 6.45) is 3.83. The molecule has 20 heavy (non-hydrogen) atoms. The van der Waals surface area contributed by atoms with Crippen LogP contribution in [0.5, 0.6) is 11.5 Å². The lowest BCUT2D eigenvalue weighted by Crippen LogP contribution is -2.44. The second-order valence-electron chi connectivity index (χ2n) is 5.72. The summed E-state index contributed by atoms with van der Waals surface area (Å²) in [5, 5.41) is 0. The van der Waals surface area contributed by atoms with Crippen LogP contribution in [0.25, 0.3) is 0 Å². The Morgan fingerprint density at radius 3 is 2.65 bits per heavy atom. The Balaban J connectivity index is 1.48. The second-order valence-corrected chi connectivity index (χ2v) is 6.10. The zero-order valence-electron chi connectivity index (χ0n) is 11.8. The van der Waals surface area contributed by atoms with Crippen molar-refractivity contribution in [3.8, 4) is 11.5 Å². The number of fused-ring (bicyclic) bond motifs is 1. The van der Waals surface area contributed by atoms with Gasteiger partial charge in [-0.3, -0.25) is 4.90 Å². The van der Waals surface area contributed by atoms with E-state index in [0.29, 0.717) is 6.61 Å². The fourth-order valence-electron chi connectivity index (χ4n) is 3.05. The van der Waals surface area contributed by atoms with Gasteiger partial charge in [0.1, 0.15) is 12.7 Å². The molecule has 0 bridgehead atoms. The molecule has 0 spiro atoms. The van der Waals surface area contributed by atoms with Crippen molar-refractivity contribution < 1.29 is 9.47 Å². The van der Waals surface area contributed by atoms with Crippen molar-refractivity contribution in [1.82, 2.24) is 4.90 Å². The predicted octanol–water partition coefficient (Wildman–Crippen LogP) is 3.17. The van der Waals surface area contributed by atoms with Crippen molar-refractivity contribution in [1.29, 1.82) is 0 Å². The molecule has 2 aliphatic rings. The highest BCUT2D eigenvalue weighted by Crippen LogP contribution is 2.31. The topological polar surface area (TPSA) is 21.7 Å². The Labute approximate surface area is 125 Å². The van der Waals surface area contributed by atoms with Crippen LogP contribution in [0, 0.1) is 5.92 Å². The number of piperidine rings is 1. The molecule has 4 heteroatoms. The van der Waals surface area contributed by atoms with Gasteiger partial charge in [-0.2, -0.15) is 0 Å². The third-order valence-electron chi connectivity index (χ3n) is 4.25. The van der Waals surface area contributed by atoms with E-state index in [1.165, 1.54) is 12.8 Å². The summed E-state index contributed by atoms with van der Waals surface area (Å²) in [6, 6.07) is 7.91. The van der Waals surface area contributed by atoms with Crippen LogP contribution in [0.2, 0.25) is 0 Å². The van der Waals surface area contributed by atoms with E-state index < -0.39 is 0 Å². The maximum Gasteiger partial charge on any atom is 0.161 e. The highest BCUT2D eigenvalue weighted by atomic mass is 35.5. The Hall–Kier alpha value is -0.930. The number of alkyl halides is 1. The van der Waals surface area contributed by atoms with Crippen LogP contribution in [0.4, 0.5) is 0 Å². The van der Waals surface area contributed by atoms with E-state index in [1.54, 1.807) is 0 Å². The monoisotopic (exact) mass is 295 g/mol. The fraction of sp³-hybridized carbons (Fsp3) is 0.625. The number of hydrogen-bond donors (Lipinski definition) is 0. The summed E-state index contributed by atoms with van der Waals surface area (Å²) in [6.45, 7) is 3.92. The highest BCUT2D eigenvalue weighted by Gasteiger charge is 2.25. The van der Waals surface area contributed by atoms with Crippen LogP contribution in [0.15, 0.2) is 24.3 Å². The van der Waals surface area contributed by atoms with Crippen molar-refractivity contribution >= 4 is 11.6 Å². The van der Waals surface area contributed by atoms with Crippen molar-refractivity contribution in [3.05, 3.63) is 24.3 Å². The van der Waals surface area contributed by atoms with Crippen molar-refractivity contribution in [2.45, 2.75) is 25.4 Å². The number of likely N-dealkylation sites (tertiary alicyclic amines) is 1. The molecule has 110 valence electrons. The quantitative estimate of drug-likeness (QED) is 0.797. The molecule has 2 aliphatic heterocycles. The first-order valence-electron chi connectivity index (χ1n) is 7.52. The van der Waals surface area contributed by atoms with E-state index in [1.807, 2.05) is 24.3 Å². The van der Waals surface area contributed by atoms with E-state index in [9.17, 15) is 0 Å². The van der Waals surface area contributed by atoms with Crippen LogP contribution in [-0.4, -0.2) is 43.1 Å². The van der Waals surface area contributed by atoms with Crippen LogP contribution in [0.3, 0.4) is 0 Å². The number of benzene rings is 1. The molecule has 2 heterocycles. The van der Waals surface area contributed by atoms with Gasteiger partial charge in [0.25, 0.3) is 0 Å². The minimum atomic E-state index is 0.148. The molecule has 0 saturated carbocycles. The Morgan fingerprint density at radius 2 is 1.90 bits per heavy atom. The normalized spacial score (nSPS) is 23.8. The first-order chi connectivity index (χ1) is 9.85. The molecule has 0 amide bonds. The zero-order chi connectivity index (χ0) is 13.8. The van der Waals surface area contributed by atoms with Gasteiger partial charge in [-0.15, -0.1) is 11.6 Å². The fourth-order valence-corrected chi connectivity index (χ4v) is 3.36. The minimum Gasteiger partial charge on any atom is -0.486 e. The van der Waals surface area contributed by atoms with Crippen LogP contribution in [0.1, 0.15) is 19.3 Å². The van der Waals surface area contributed by atoms with E-state index in [0.717, 1.165) is 49.4 Å². The molecule has 1 saturated heterocycles. The molecule has 1 fully saturated rings. The third-order valence-corrected chi connectivity index (χ3v) is 4.47. The lowest BCUT2D eigenvalue weighted by Gasteiger charge is -2.35. The molecule has 3 nitrogen and oxygen atoms in total. The van der Waals surface area contributed by atoms with Gasteiger partial charge in [0, 0.05) is 12.4 Å². The van der Waals surface area contributed by atoms with Crippen LogP contribution >= 0.6 is 11.6 Å². The van der Waals surface area contributed by atoms with Gasteiger partial charge in [0.15, 0.2) is 11.5 Å². The first-order valence-corrected chi connectivity index (χ1v) is 8.05. The smallest absolute Gasteiger partial charge is 0.161 e. The number of hydrogen-bond acceptors (Lipinski definition) is 3. The predicted molar refractivity (Wildman–Crippen MR) is 80.9 cm³/mol. The molecule has 1 atom stereocenters. The van der Waals surface area contributed by atoms with Gasteiger partial charge in [0.2, 0.25) is 0 Å². The van der Waals surface area contributed by atoms with E-state index >= 15 is 0 Å².